The van der Waals surface area contributed by atoms with Crippen LogP contribution in [-0.2, 0) is 4.79 Å². The number of hydrogen-bond acceptors (Lipinski definition) is 1. The minimum Gasteiger partial charge on any atom is -0.366 e. The summed E-state index contributed by atoms with van der Waals surface area (Å²) < 4.78 is 0. The highest BCUT2D eigenvalue weighted by Crippen LogP contribution is 2.25. The average Bonchev–Trinajstić information content (AvgIpc) is 2.38. The number of hydrogen-bond donors (Lipinski definition) is 1. The van der Waals surface area contributed by atoms with Crippen molar-refractivity contribution in [3.8, 4) is 0 Å². The van der Waals surface area contributed by atoms with Crippen LogP contribution in [0, 0.1) is 6.92 Å². The first-order valence-corrected chi connectivity index (χ1v) is 5.81. The highest BCUT2D eigenvalue weighted by molar-refractivity contribution is 5.98. The van der Waals surface area contributed by atoms with Crippen LogP contribution in [0.1, 0.15) is 16.7 Å². The number of nitrogens with two attached hydrogens (primary N) is 1. The molecule has 1 amide bonds. The summed E-state index contributed by atoms with van der Waals surface area (Å²) in [5.74, 6) is -0.433. The molecule has 0 aliphatic carbocycles. The molecule has 2 N–H and O–H groups in total. The number of rotatable bonds is 3. The molecule has 0 heterocycles. The largest absolute Gasteiger partial charge is 0.366 e. The molecule has 0 fully saturated rings. The quantitative estimate of drug-likeness (QED) is 0.819. The molecule has 0 spiro atoms. The number of benzene rings is 2. The molecule has 0 aromatic heterocycles. The van der Waals surface area contributed by atoms with Gasteiger partial charge >= 0.3 is 0 Å². The third kappa shape index (κ3) is 2.66. The fourth-order valence-corrected chi connectivity index (χ4v) is 1.95. The first-order chi connectivity index (χ1) is 8.68. The van der Waals surface area contributed by atoms with E-state index in [1.54, 1.807) is 0 Å². The van der Waals surface area contributed by atoms with Gasteiger partial charge in [-0.2, -0.15) is 0 Å². The van der Waals surface area contributed by atoms with Crippen LogP contribution >= 0.6 is 0 Å². The van der Waals surface area contributed by atoms with Gasteiger partial charge < -0.3 is 5.73 Å². The fourth-order valence-electron chi connectivity index (χ4n) is 1.95. The molecule has 2 aromatic carbocycles. The van der Waals surface area contributed by atoms with Crippen LogP contribution in [0.5, 0.6) is 0 Å². The van der Waals surface area contributed by atoms with Gasteiger partial charge in [0, 0.05) is 6.08 Å². The van der Waals surface area contributed by atoms with Gasteiger partial charge in [0.15, 0.2) is 0 Å². The zero-order valence-electron chi connectivity index (χ0n) is 10.3. The summed E-state index contributed by atoms with van der Waals surface area (Å²) in [7, 11) is 0. The van der Waals surface area contributed by atoms with Crippen molar-refractivity contribution in [1.82, 2.24) is 0 Å². The van der Waals surface area contributed by atoms with Crippen molar-refractivity contribution in [3.05, 3.63) is 77.4 Å². The van der Waals surface area contributed by atoms with Crippen molar-refractivity contribution in [2.45, 2.75) is 6.92 Å². The molecule has 0 aliphatic heterocycles. The fraction of sp³-hybridized carbons (Fsp3) is 0.0625. The lowest BCUT2D eigenvalue weighted by Gasteiger charge is -2.10. The second kappa shape index (κ2) is 5.32. The van der Waals surface area contributed by atoms with Crippen molar-refractivity contribution in [1.29, 1.82) is 0 Å². The molecule has 0 bridgehead atoms. The predicted molar refractivity (Wildman–Crippen MR) is 73.9 cm³/mol. The van der Waals surface area contributed by atoms with Gasteiger partial charge in [0.05, 0.1) is 0 Å². The summed E-state index contributed by atoms with van der Waals surface area (Å²) in [6.45, 7) is 2.02. The molecule has 2 heteroatoms. The third-order valence-corrected chi connectivity index (χ3v) is 2.81. The Morgan fingerprint density at radius 2 is 1.61 bits per heavy atom. The Morgan fingerprint density at radius 1 is 1.00 bits per heavy atom. The zero-order chi connectivity index (χ0) is 13.0. The first-order valence-electron chi connectivity index (χ1n) is 5.81. The highest BCUT2D eigenvalue weighted by Gasteiger charge is 2.08. The van der Waals surface area contributed by atoms with Gasteiger partial charge in [-0.05, 0) is 29.2 Å². The van der Waals surface area contributed by atoms with E-state index in [1.165, 1.54) is 6.08 Å². The maximum absolute atomic E-state index is 11.2. The van der Waals surface area contributed by atoms with Gasteiger partial charge in [-0.3, -0.25) is 4.79 Å². The number of amides is 1. The molecular formula is C16H15NO. The average molecular weight is 237 g/mol. The molecule has 0 saturated carbocycles. The summed E-state index contributed by atoms with van der Waals surface area (Å²) in [6, 6.07) is 17.7. The highest BCUT2D eigenvalue weighted by atomic mass is 16.1. The summed E-state index contributed by atoms with van der Waals surface area (Å²) in [6.07, 6.45) is 1.48. The molecule has 0 unspecified atom stereocenters. The van der Waals surface area contributed by atoms with E-state index >= 15 is 0 Å². The Hall–Kier alpha value is -2.35. The van der Waals surface area contributed by atoms with Gasteiger partial charge in [-0.25, -0.2) is 0 Å². The van der Waals surface area contributed by atoms with Crippen molar-refractivity contribution in [2.75, 3.05) is 0 Å². The van der Waals surface area contributed by atoms with Crippen LogP contribution in [0.25, 0.3) is 5.57 Å². The monoisotopic (exact) mass is 237 g/mol. The van der Waals surface area contributed by atoms with Gasteiger partial charge in [-0.15, -0.1) is 0 Å². The number of aryl methyl sites for hydroxylation is 1. The van der Waals surface area contributed by atoms with E-state index in [0.29, 0.717) is 0 Å². The molecule has 2 nitrogen and oxygen atoms in total. The van der Waals surface area contributed by atoms with E-state index in [0.717, 1.165) is 22.3 Å². The van der Waals surface area contributed by atoms with Crippen LogP contribution in [0.4, 0.5) is 0 Å². The van der Waals surface area contributed by atoms with E-state index < -0.39 is 5.91 Å². The van der Waals surface area contributed by atoms with E-state index in [2.05, 4.69) is 0 Å². The topological polar surface area (TPSA) is 43.1 Å². The van der Waals surface area contributed by atoms with Crippen molar-refractivity contribution >= 4 is 11.5 Å². The van der Waals surface area contributed by atoms with Gasteiger partial charge in [0.2, 0.25) is 5.91 Å². The summed E-state index contributed by atoms with van der Waals surface area (Å²) in [5, 5.41) is 0. The molecule has 0 saturated heterocycles. The Kier molecular flexibility index (Phi) is 3.58. The predicted octanol–water partition coefficient (Wildman–Crippen LogP) is 2.91. The van der Waals surface area contributed by atoms with E-state index in [9.17, 15) is 4.79 Å². The van der Waals surface area contributed by atoms with Crippen LogP contribution < -0.4 is 5.73 Å². The normalized spacial score (nSPS) is 11.3. The van der Waals surface area contributed by atoms with E-state index in [1.807, 2.05) is 61.5 Å². The molecule has 0 radical (unpaired) electrons. The lowest BCUT2D eigenvalue weighted by atomic mass is 9.94. The summed E-state index contributed by atoms with van der Waals surface area (Å²) in [5.41, 5.74) is 9.31. The first kappa shape index (κ1) is 12.1. The lowest BCUT2D eigenvalue weighted by Crippen LogP contribution is -2.07. The minimum absolute atomic E-state index is 0.433. The lowest BCUT2D eigenvalue weighted by molar-refractivity contribution is -0.113. The van der Waals surface area contributed by atoms with E-state index in [4.69, 9.17) is 5.73 Å². The molecule has 2 aromatic rings. The Labute approximate surface area is 107 Å². The molecule has 18 heavy (non-hydrogen) atoms. The Bertz CT molecular complexity index is 585. The van der Waals surface area contributed by atoms with Crippen LogP contribution in [0.3, 0.4) is 0 Å². The van der Waals surface area contributed by atoms with Gasteiger partial charge in [0.1, 0.15) is 0 Å². The second-order valence-electron chi connectivity index (χ2n) is 4.14. The number of carbonyl (C=O) groups is 1. The molecule has 2 rings (SSSR count). The minimum atomic E-state index is -0.433. The second-order valence-corrected chi connectivity index (χ2v) is 4.14. The maximum atomic E-state index is 11.2. The van der Waals surface area contributed by atoms with Crippen LogP contribution in [0.2, 0.25) is 0 Å². The van der Waals surface area contributed by atoms with E-state index in [-0.39, 0.29) is 0 Å². The Morgan fingerprint density at radius 3 is 2.22 bits per heavy atom. The standard InChI is InChI=1S/C16H15NO/c1-12-7-5-6-10-14(12)15(11-16(17)18)13-8-3-2-4-9-13/h2-11H,1H3,(H2,17,18). The van der Waals surface area contributed by atoms with Crippen LogP contribution in [-0.4, -0.2) is 5.91 Å². The summed E-state index contributed by atoms with van der Waals surface area (Å²) in [4.78, 5) is 11.2. The summed E-state index contributed by atoms with van der Waals surface area (Å²) >= 11 is 0. The smallest absolute Gasteiger partial charge is 0.242 e. The van der Waals surface area contributed by atoms with Gasteiger partial charge in [0.25, 0.3) is 0 Å². The molecule has 0 atom stereocenters. The van der Waals surface area contributed by atoms with Gasteiger partial charge in [-0.1, -0.05) is 54.6 Å². The third-order valence-electron chi connectivity index (χ3n) is 2.81. The molecule has 90 valence electrons. The zero-order valence-corrected chi connectivity index (χ0v) is 10.3. The molecule has 0 aliphatic rings. The number of carbonyl (C=O) groups excluding carboxylic acids is 1. The van der Waals surface area contributed by atoms with Crippen molar-refractivity contribution in [2.24, 2.45) is 5.73 Å². The number of primary amides is 1. The SMILES string of the molecule is Cc1ccccc1C(=CC(N)=O)c1ccccc1. The van der Waals surface area contributed by atoms with Crippen LogP contribution in [0.15, 0.2) is 60.7 Å². The van der Waals surface area contributed by atoms with Crippen molar-refractivity contribution < 1.29 is 4.79 Å². The maximum Gasteiger partial charge on any atom is 0.242 e. The Balaban J connectivity index is 2.59. The molecular weight excluding hydrogens is 222 g/mol. The van der Waals surface area contributed by atoms with Crippen molar-refractivity contribution in [3.63, 3.8) is 0 Å².